The van der Waals surface area contributed by atoms with Crippen molar-refractivity contribution in [3.8, 4) is 0 Å². The van der Waals surface area contributed by atoms with E-state index in [1.807, 2.05) is 0 Å². The van der Waals surface area contributed by atoms with Gasteiger partial charge in [-0.3, -0.25) is 4.79 Å². The summed E-state index contributed by atoms with van der Waals surface area (Å²) < 4.78 is 14.4. The van der Waals surface area contributed by atoms with Crippen molar-refractivity contribution in [3.63, 3.8) is 0 Å². The zero-order valence-corrected chi connectivity index (χ0v) is 11.1. The highest BCUT2D eigenvalue weighted by molar-refractivity contribution is 7.21. The molecule has 2 aromatic rings. The Morgan fingerprint density at radius 1 is 1.53 bits per heavy atom. The van der Waals surface area contributed by atoms with Gasteiger partial charge >= 0.3 is 0 Å². The third-order valence-electron chi connectivity index (χ3n) is 3.16. The van der Waals surface area contributed by atoms with Crippen LogP contribution in [0.4, 0.5) is 10.1 Å². The smallest absolute Gasteiger partial charge is 0.263 e. The zero-order valence-electron chi connectivity index (χ0n) is 10.3. The van der Waals surface area contributed by atoms with E-state index in [1.54, 1.807) is 12.1 Å². The first-order chi connectivity index (χ1) is 9.20. The number of benzene rings is 1. The molecule has 0 fully saturated rings. The topological polar surface area (TPSA) is 32.3 Å². The van der Waals surface area contributed by atoms with Gasteiger partial charge in [0.1, 0.15) is 10.7 Å². The second-order valence-corrected chi connectivity index (χ2v) is 5.46. The molecule has 0 saturated carbocycles. The highest BCUT2D eigenvalue weighted by Crippen LogP contribution is 2.39. The lowest BCUT2D eigenvalue weighted by Crippen LogP contribution is -2.30. The van der Waals surface area contributed by atoms with Gasteiger partial charge in [0.25, 0.3) is 5.91 Å². The number of amides is 1. The number of carbonyl (C=O) groups excluding carboxylic acids is 1. The largest absolute Gasteiger partial charge is 0.364 e. The molecule has 1 aliphatic rings. The lowest BCUT2D eigenvalue weighted by Gasteiger charge is -2.21. The molecule has 0 spiro atoms. The molecule has 5 heteroatoms. The van der Waals surface area contributed by atoms with Crippen molar-refractivity contribution in [1.82, 2.24) is 5.32 Å². The second kappa shape index (κ2) is 4.66. The van der Waals surface area contributed by atoms with Gasteiger partial charge in [0.05, 0.1) is 5.69 Å². The second-order valence-electron chi connectivity index (χ2n) is 4.41. The molecule has 3 nitrogen and oxygen atoms in total. The molecule has 1 aromatic carbocycles. The van der Waals surface area contributed by atoms with E-state index < -0.39 is 0 Å². The normalized spacial score (nSPS) is 15.0. The van der Waals surface area contributed by atoms with Gasteiger partial charge in [0, 0.05) is 29.7 Å². The summed E-state index contributed by atoms with van der Waals surface area (Å²) in [5.74, 6) is -0.362. The standard InChI is InChI=1S/C14H13FN2OS/c1-2-6-17-7-5-16-14(18)13-12(17)10-8-9(15)3-4-11(10)19-13/h2-4,8H,1,5-7H2,(H,16,18). The Labute approximate surface area is 114 Å². The van der Waals surface area contributed by atoms with E-state index in [9.17, 15) is 9.18 Å². The first-order valence-electron chi connectivity index (χ1n) is 6.07. The van der Waals surface area contributed by atoms with Crippen LogP contribution in [-0.4, -0.2) is 25.5 Å². The van der Waals surface area contributed by atoms with Crippen LogP contribution in [0.25, 0.3) is 10.1 Å². The molecule has 0 bridgehead atoms. The van der Waals surface area contributed by atoms with Crippen LogP contribution in [0, 0.1) is 5.82 Å². The fourth-order valence-corrected chi connectivity index (χ4v) is 3.48. The molecule has 1 N–H and O–H groups in total. The van der Waals surface area contributed by atoms with Crippen molar-refractivity contribution in [2.45, 2.75) is 0 Å². The Bertz CT molecular complexity index is 665. The molecule has 0 unspecified atom stereocenters. The first-order valence-corrected chi connectivity index (χ1v) is 6.88. The average Bonchev–Trinajstić information content (AvgIpc) is 2.68. The number of hydrogen-bond acceptors (Lipinski definition) is 3. The van der Waals surface area contributed by atoms with Gasteiger partial charge < -0.3 is 10.2 Å². The molecule has 0 aliphatic carbocycles. The van der Waals surface area contributed by atoms with Crippen LogP contribution < -0.4 is 10.2 Å². The molecule has 0 saturated heterocycles. The predicted molar refractivity (Wildman–Crippen MR) is 76.5 cm³/mol. The Morgan fingerprint density at radius 2 is 2.37 bits per heavy atom. The SMILES string of the molecule is C=CCN1CCNC(=O)c2sc3ccc(F)cc3c21. The van der Waals surface area contributed by atoms with Crippen LogP contribution >= 0.6 is 11.3 Å². The van der Waals surface area contributed by atoms with Crippen molar-refractivity contribution >= 4 is 33.0 Å². The number of carbonyl (C=O) groups is 1. The number of anilines is 1. The Hall–Kier alpha value is -1.88. The van der Waals surface area contributed by atoms with Gasteiger partial charge in [0.15, 0.2) is 0 Å². The van der Waals surface area contributed by atoms with E-state index in [1.165, 1.54) is 23.5 Å². The third-order valence-corrected chi connectivity index (χ3v) is 4.32. The minimum atomic E-state index is -0.281. The number of nitrogens with zero attached hydrogens (tertiary/aromatic N) is 1. The van der Waals surface area contributed by atoms with Crippen LogP contribution in [0.3, 0.4) is 0 Å². The van der Waals surface area contributed by atoms with Gasteiger partial charge in [-0.1, -0.05) is 6.08 Å². The molecular formula is C14H13FN2OS. The molecule has 1 amide bonds. The summed E-state index contributed by atoms with van der Waals surface area (Å²) in [5, 5.41) is 3.67. The van der Waals surface area contributed by atoms with Gasteiger partial charge in [-0.25, -0.2) is 4.39 Å². The van der Waals surface area contributed by atoms with E-state index in [2.05, 4.69) is 16.8 Å². The number of nitrogens with one attached hydrogen (secondary N) is 1. The van der Waals surface area contributed by atoms with E-state index >= 15 is 0 Å². The number of halogens is 1. The van der Waals surface area contributed by atoms with Crippen LogP contribution in [0.15, 0.2) is 30.9 Å². The van der Waals surface area contributed by atoms with Crippen molar-refractivity contribution < 1.29 is 9.18 Å². The van der Waals surface area contributed by atoms with Gasteiger partial charge in [-0.2, -0.15) is 0 Å². The lowest BCUT2D eigenvalue weighted by molar-refractivity contribution is 0.0962. The Balaban J connectivity index is 2.27. The van der Waals surface area contributed by atoms with Crippen molar-refractivity contribution in [1.29, 1.82) is 0 Å². The van der Waals surface area contributed by atoms with E-state index in [4.69, 9.17) is 0 Å². The fourth-order valence-electron chi connectivity index (χ4n) is 2.36. The quantitative estimate of drug-likeness (QED) is 0.855. The maximum Gasteiger partial charge on any atom is 0.263 e. The van der Waals surface area contributed by atoms with Gasteiger partial charge in [-0.05, 0) is 18.2 Å². The molecule has 98 valence electrons. The summed E-state index contributed by atoms with van der Waals surface area (Å²) in [4.78, 5) is 14.8. The zero-order chi connectivity index (χ0) is 13.4. The van der Waals surface area contributed by atoms with E-state index in [0.29, 0.717) is 24.5 Å². The molecule has 19 heavy (non-hydrogen) atoms. The number of fused-ring (bicyclic) bond motifs is 3. The minimum absolute atomic E-state index is 0.0804. The number of rotatable bonds is 2. The summed E-state index contributed by atoms with van der Waals surface area (Å²) in [7, 11) is 0. The molecule has 1 aliphatic heterocycles. The monoisotopic (exact) mass is 276 g/mol. The first kappa shape index (κ1) is 12.2. The van der Waals surface area contributed by atoms with Crippen molar-refractivity contribution in [2.75, 3.05) is 24.5 Å². The minimum Gasteiger partial charge on any atom is -0.364 e. The van der Waals surface area contributed by atoms with E-state index in [0.717, 1.165) is 15.8 Å². The van der Waals surface area contributed by atoms with Crippen LogP contribution in [0.2, 0.25) is 0 Å². The summed E-state index contributed by atoms with van der Waals surface area (Å²) in [5.41, 5.74) is 0.828. The predicted octanol–water partition coefficient (Wildman–Crippen LogP) is 2.78. The molecule has 1 aromatic heterocycles. The summed E-state index contributed by atoms with van der Waals surface area (Å²) in [6.45, 7) is 5.67. The van der Waals surface area contributed by atoms with Gasteiger partial charge in [0.2, 0.25) is 0 Å². The highest BCUT2D eigenvalue weighted by Gasteiger charge is 2.25. The summed E-state index contributed by atoms with van der Waals surface area (Å²) >= 11 is 1.40. The average molecular weight is 276 g/mol. The fraction of sp³-hybridized carbons (Fsp3) is 0.214. The summed E-state index contributed by atoms with van der Waals surface area (Å²) in [6.07, 6.45) is 1.79. The third kappa shape index (κ3) is 2.00. The Morgan fingerprint density at radius 3 is 3.16 bits per heavy atom. The van der Waals surface area contributed by atoms with Crippen LogP contribution in [0.1, 0.15) is 9.67 Å². The maximum atomic E-state index is 13.5. The highest BCUT2D eigenvalue weighted by atomic mass is 32.1. The lowest BCUT2D eigenvalue weighted by atomic mass is 10.2. The van der Waals surface area contributed by atoms with Crippen molar-refractivity contribution in [2.24, 2.45) is 0 Å². The molecule has 0 atom stereocenters. The number of thiophene rings is 1. The summed E-state index contributed by atoms with van der Waals surface area (Å²) in [6, 6.07) is 4.65. The van der Waals surface area contributed by atoms with Crippen molar-refractivity contribution in [3.05, 3.63) is 41.5 Å². The molecular weight excluding hydrogens is 263 g/mol. The van der Waals surface area contributed by atoms with Gasteiger partial charge in [-0.15, -0.1) is 17.9 Å². The number of hydrogen-bond donors (Lipinski definition) is 1. The Kier molecular flexibility index (Phi) is 2.98. The van der Waals surface area contributed by atoms with Crippen LogP contribution in [-0.2, 0) is 0 Å². The molecule has 3 rings (SSSR count). The maximum absolute atomic E-state index is 13.5. The van der Waals surface area contributed by atoms with Crippen LogP contribution in [0.5, 0.6) is 0 Å². The van der Waals surface area contributed by atoms with E-state index in [-0.39, 0.29) is 11.7 Å². The molecule has 0 radical (unpaired) electrons. The molecule has 2 heterocycles.